The van der Waals surface area contributed by atoms with Crippen LogP contribution in [0, 0.1) is 5.92 Å². The molecule has 19 nitrogen and oxygen atoms in total. The molecule has 1 fully saturated rings. The summed E-state index contributed by atoms with van der Waals surface area (Å²) in [6, 6.07) is 22.0. The third kappa shape index (κ3) is 12.1. The van der Waals surface area contributed by atoms with Crippen LogP contribution in [0.25, 0.3) is 21.7 Å². The Balaban J connectivity index is 0.810. The number of H-pyrrole nitrogens is 1. The Morgan fingerprint density at radius 3 is 2.21 bits per heavy atom. The van der Waals surface area contributed by atoms with Crippen LogP contribution in [-0.4, -0.2) is 139 Å². The number of carbonyl (C=O) groups excluding carboxylic acids is 8. The molecule has 370 valence electrons. The van der Waals surface area contributed by atoms with Gasteiger partial charge in [0.2, 0.25) is 17.7 Å². The number of hydrogen-bond donors (Lipinski definition) is 6. The molecule has 0 spiro atoms. The van der Waals surface area contributed by atoms with E-state index in [0.717, 1.165) is 29.4 Å². The van der Waals surface area contributed by atoms with Crippen molar-refractivity contribution in [1.82, 2.24) is 35.6 Å². The Morgan fingerprint density at radius 1 is 0.761 bits per heavy atom. The Morgan fingerprint density at radius 2 is 1.48 bits per heavy atom. The molecule has 8 rings (SSSR count). The van der Waals surface area contributed by atoms with Gasteiger partial charge in [-0.1, -0.05) is 38.1 Å². The zero-order valence-electron chi connectivity index (χ0n) is 40.0. The molecule has 0 radical (unpaired) electrons. The van der Waals surface area contributed by atoms with Crippen molar-refractivity contribution in [2.75, 3.05) is 81.5 Å². The van der Waals surface area contributed by atoms with E-state index in [9.17, 15) is 38.4 Å². The molecule has 5 aromatic rings. The van der Waals surface area contributed by atoms with Gasteiger partial charge in [-0.3, -0.25) is 38.5 Å². The summed E-state index contributed by atoms with van der Waals surface area (Å²) in [5.74, 6) is -2.24. The quantitative estimate of drug-likeness (QED) is 0.0532. The number of aromatic nitrogens is 1. The number of amides is 8. The molecule has 3 aliphatic heterocycles. The van der Waals surface area contributed by atoms with Crippen LogP contribution in [0.5, 0.6) is 5.75 Å². The molecule has 4 aromatic carbocycles. The average Bonchev–Trinajstić information content (AvgIpc) is 4.08. The topological polar surface area (TPSA) is 235 Å². The molecule has 1 atom stereocenters. The van der Waals surface area contributed by atoms with Gasteiger partial charge in [-0.25, -0.2) is 4.79 Å². The average molecular weight is 967 g/mol. The first-order valence-corrected chi connectivity index (χ1v) is 23.9. The lowest BCUT2D eigenvalue weighted by atomic mass is 10.0. The second kappa shape index (κ2) is 22.2. The number of nitrogens with one attached hydrogen (secondary N) is 6. The van der Waals surface area contributed by atoms with E-state index in [1.54, 1.807) is 64.4 Å². The van der Waals surface area contributed by atoms with Crippen molar-refractivity contribution in [2.45, 2.75) is 45.6 Å². The summed E-state index contributed by atoms with van der Waals surface area (Å²) in [6.07, 6.45) is 4.25. The summed E-state index contributed by atoms with van der Waals surface area (Å²) >= 11 is 0. The zero-order chi connectivity index (χ0) is 50.2. The molecule has 0 aliphatic carbocycles. The molecule has 4 heterocycles. The first-order valence-electron chi connectivity index (χ1n) is 23.9. The zero-order valence-corrected chi connectivity index (χ0v) is 40.0. The summed E-state index contributed by atoms with van der Waals surface area (Å²) < 4.78 is 6.01. The number of unbranched alkanes of at least 4 members (excludes halogenated alkanes) is 1. The first kappa shape index (κ1) is 49.5. The van der Waals surface area contributed by atoms with Crippen LogP contribution in [0.2, 0.25) is 0 Å². The Bertz CT molecular complexity index is 2890. The largest absolute Gasteiger partial charge is 0.415 e. The molecule has 1 aromatic heterocycles. The number of benzene rings is 4. The lowest BCUT2D eigenvalue weighted by Gasteiger charge is -2.31. The maximum absolute atomic E-state index is 14.2. The summed E-state index contributed by atoms with van der Waals surface area (Å²) in [5, 5.41) is 16.4. The number of fused-ring (bicyclic) bond motifs is 4. The fourth-order valence-corrected chi connectivity index (χ4v) is 8.88. The smallest absolute Gasteiger partial charge is 0.409 e. The molecule has 3 aliphatic rings. The molecule has 0 saturated carbocycles. The molecule has 1 saturated heterocycles. The van der Waals surface area contributed by atoms with Gasteiger partial charge in [-0.15, -0.1) is 0 Å². The number of hydrogen-bond acceptors (Lipinski definition) is 11. The van der Waals surface area contributed by atoms with Gasteiger partial charge in [0, 0.05) is 90.7 Å². The second-order valence-corrected chi connectivity index (χ2v) is 18.4. The van der Waals surface area contributed by atoms with Crippen LogP contribution in [0.3, 0.4) is 0 Å². The van der Waals surface area contributed by atoms with Gasteiger partial charge in [0.25, 0.3) is 23.6 Å². The van der Waals surface area contributed by atoms with Crippen molar-refractivity contribution in [2.24, 2.45) is 5.92 Å². The third-order valence-electron chi connectivity index (χ3n) is 12.7. The molecular weight excluding hydrogens is 909 g/mol. The highest BCUT2D eigenvalue weighted by Crippen LogP contribution is 2.41. The number of aromatic amines is 1. The summed E-state index contributed by atoms with van der Waals surface area (Å²) in [7, 11) is 2.02. The third-order valence-corrected chi connectivity index (χ3v) is 12.7. The minimum absolute atomic E-state index is 0.0410. The highest BCUT2D eigenvalue weighted by Gasteiger charge is 2.31. The van der Waals surface area contributed by atoms with E-state index in [1.165, 1.54) is 17.1 Å². The molecule has 71 heavy (non-hydrogen) atoms. The first-order chi connectivity index (χ1) is 34.2. The van der Waals surface area contributed by atoms with Crippen LogP contribution in [0.4, 0.5) is 21.9 Å². The fourth-order valence-electron chi connectivity index (χ4n) is 8.88. The number of likely N-dealkylation sites (N-methyl/N-ethyl adjacent to an activating group) is 1. The standard InChI is InChI=1S/C52H58N10O9/c1-32(2)26-41(58-45(63)30-53-19-6-7-20-62-47(65)16-17-48(62)66)50(68)54-31-46(64)55-35-12-10-33(11-13-35)49(67)56-36-14-15-40-34(27-36)28-42(57-40)51(69)61-21-18-38-37-8-4-5-9-39(37)44(29-43(38)61)71-52(70)60-24-22-59(3)23-25-60/h4-5,8-17,27-29,32,41,53,57H,6-7,18-26,30-31H2,1-3H3,(H,54,68)(H,55,64)(H,56,67)(H,58,63)/t41-/m0/s1. The normalized spacial score (nSPS) is 15.1. The minimum atomic E-state index is -0.867. The number of piperazine rings is 1. The summed E-state index contributed by atoms with van der Waals surface area (Å²) in [4.78, 5) is 113. The number of rotatable bonds is 18. The predicted octanol–water partition coefficient (Wildman–Crippen LogP) is 4.40. The van der Waals surface area contributed by atoms with Gasteiger partial charge in [-0.2, -0.15) is 0 Å². The number of anilines is 3. The Hall–Kier alpha value is -7.90. The van der Waals surface area contributed by atoms with E-state index in [-0.39, 0.29) is 36.7 Å². The van der Waals surface area contributed by atoms with E-state index in [0.29, 0.717) is 103 Å². The SMILES string of the molecule is CC(C)C[C@H](NC(=O)CNCCCCN1C(=O)C=CC1=O)C(=O)NCC(=O)Nc1ccc(C(=O)Nc2ccc3[nH]c(C(=O)N4CCc5c4cc(OC(=O)N4CCN(C)CC4)c4ccccc54)cc3c2)cc1. The van der Waals surface area contributed by atoms with E-state index < -0.39 is 35.8 Å². The van der Waals surface area contributed by atoms with E-state index in [2.05, 4.69) is 36.5 Å². The van der Waals surface area contributed by atoms with Crippen molar-refractivity contribution in [3.05, 3.63) is 108 Å². The van der Waals surface area contributed by atoms with Crippen molar-refractivity contribution in [3.8, 4) is 5.75 Å². The van der Waals surface area contributed by atoms with Gasteiger partial charge in [0.15, 0.2) is 0 Å². The highest BCUT2D eigenvalue weighted by atomic mass is 16.6. The number of nitrogens with zero attached hydrogens (tertiary/aromatic N) is 4. The highest BCUT2D eigenvalue weighted by molar-refractivity contribution is 6.13. The molecule has 19 heteroatoms. The van der Waals surface area contributed by atoms with Crippen molar-refractivity contribution < 1.29 is 43.1 Å². The lowest BCUT2D eigenvalue weighted by Crippen LogP contribution is -2.50. The second-order valence-electron chi connectivity index (χ2n) is 18.4. The summed E-state index contributed by atoms with van der Waals surface area (Å²) in [6.45, 7) is 7.31. The molecule has 6 N–H and O–H groups in total. The van der Waals surface area contributed by atoms with Crippen molar-refractivity contribution >= 4 is 86.2 Å². The van der Waals surface area contributed by atoms with E-state index in [4.69, 9.17) is 4.74 Å². The van der Waals surface area contributed by atoms with E-state index in [1.807, 2.05) is 45.2 Å². The van der Waals surface area contributed by atoms with Gasteiger partial charge < -0.3 is 51.0 Å². The molecule has 8 amide bonds. The Kier molecular flexibility index (Phi) is 15.5. The fraction of sp³-hybridized carbons (Fsp3) is 0.346. The van der Waals surface area contributed by atoms with Crippen LogP contribution in [0.15, 0.2) is 91.0 Å². The van der Waals surface area contributed by atoms with Gasteiger partial charge in [0.05, 0.1) is 18.8 Å². The van der Waals surface area contributed by atoms with Gasteiger partial charge in [-0.05, 0) is 105 Å². The van der Waals surface area contributed by atoms with Gasteiger partial charge >= 0.3 is 6.09 Å². The molecular formula is C52H58N10O9. The Labute approximate surface area is 410 Å². The van der Waals surface area contributed by atoms with Crippen molar-refractivity contribution in [3.63, 3.8) is 0 Å². The predicted molar refractivity (Wildman–Crippen MR) is 268 cm³/mol. The molecule has 0 bridgehead atoms. The minimum Gasteiger partial charge on any atom is -0.409 e. The molecule has 0 unspecified atom stereocenters. The number of imide groups is 1. The maximum atomic E-state index is 14.2. The van der Waals surface area contributed by atoms with E-state index >= 15 is 0 Å². The lowest BCUT2D eigenvalue weighted by molar-refractivity contribution is -0.136. The van der Waals surface area contributed by atoms with Gasteiger partial charge in [0.1, 0.15) is 17.5 Å². The van der Waals surface area contributed by atoms with Crippen LogP contribution in [-0.2, 0) is 30.4 Å². The number of carbonyl (C=O) groups is 8. The summed E-state index contributed by atoms with van der Waals surface area (Å²) in [5.41, 5.74) is 3.98. The van der Waals surface area contributed by atoms with Crippen molar-refractivity contribution in [1.29, 1.82) is 0 Å². The van der Waals surface area contributed by atoms with Crippen LogP contribution in [0.1, 0.15) is 59.5 Å². The number of ether oxygens (including phenoxy) is 1. The van der Waals surface area contributed by atoms with Crippen LogP contribution < -0.4 is 36.2 Å². The van der Waals surface area contributed by atoms with Crippen LogP contribution >= 0.6 is 0 Å². The monoisotopic (exact) mass is 966 g/mol. The maximum Gasteiger partial charge on any atom is 0.415 e.